The van der Waals surface area contributed by atoms with Gasteiger partial charge in [-0.2, -0.15) is 0 Å². The molecular formula is C28H34O7. The van der Waals surface area contributed by atoms with Crippen molar-refractivity contribution in [3.63, 3.8) is 0 Å². The van der Waals surface area contributed by atoms with Crippen LogP contribution in [0.3, 0.4) is 0 Å². The predicted molar refractivity (Wildman–Crippen MR) is 134 cm³/mol. The summed E-state index contributed by atoms with van der Waals surface area (Å²) in [6, 6.07) is 7.37. The van der Waals surface area contributed by atoms with Gasteiger partial charge in [0.05, 0.1) is 25.9 Å². The molecule has 2 aromatic rings. The summed E-state index contributed by atoms with van der Waals surface area (Å²) in [7, 11) is 1.57. The van der Waals surface area contributed by atoms with Crippen LogP contribution in [0.4, 0.5) is 0 Å². The first kappa shape index (κ1) is 26.1. The smallest absolute Gasteiger partial charge is 0.349 e. The van der Waals surface area contributed by atoms with Crippen molar-refractivity contribution in [3.05, 3.63) is 52.6 Å². The summed E-state index contributed by atoms with van der Waals surface area (Å²) in [5.41, 5.74) is 3.20. The van der Waals surface area contributed by atoms with Crippen LogP contribution in [0, 0.1) is 0 Å². The molecule has 1 atom stereocenters. The van der Waals surface area contributed by atoms with E-state index in [9.17, 15) is 14.7 Å². The molecule has 0 saturated carbocycles. The van der Waals surface area contributed by atoms with E-state index in [1.807, 2.05) is 18.2 Å². The molecule has 3 rings (SSSR count). The number of Topliss-reactive ketones (excluding diaryl/α,β-unsaturated/α-hetero) is 1. The Labute approximate surface area is 206 Å². The van der Waals surface area contributed by atoms with Crippen LogP contribution in [0.1, 0.15) is 67.1 Å². The van der Waals surface area contributed by atoms with Gasteiger partial charge in [-0.1, -0.05) is 32.8 Å². The number of fused-ring (bicyclic) bond motifs is 1. The minimum Gasteiger partial charge on any atom is -0.496 e. The number of carbonyl (C=O) groups excluding carboxylic acids is 1. The van der Waals surface area contributed by atoms with Crippen molar-refractivity contribution < 1.29 is 33.6 Å². The second-order valence-electron chi connectivity index (χ2n) is 8.43. The molecule has 0 aliphatic carbocycles. The third-order valence-electron chi connectivity index (χ3n) is 5.79. The summed E-state index contributed by atoms with van der Waals surface area (Å²) in [5.74, 6) is 1.52. The molecule has 0 fully saturated rings. The fourth-order valence-corrected chi connectivity index (χ4v) is 4.18. The Balaban J connectivity index is 1.66. The molecule has 0 aromatic heterocycles. The monoisotopic (exact) mass is 482 g/mol. The first-order chi connectivity index (χ1) is 16.9. The van der Waals surface area contributed by atoms with E-state index in [1.165, 1.54) is 6.92 Å². The number of ketones is 1. The highest BCUT2D eigenvalue weighted by atomic mass is 16.5. The number of benzene rings is 2. The van der Waals surface area contributed by atoms with E-state index in [2.05, 4.69) is 13.8 Å². The van der Waals surface area contributed by atoms with E-state index in [0.29, 0.717) is 48.2 Å². The normalized spacial score (nSPS) is 14.1. The molecule has 2 aromatic carbocycles. The molecule has 0 spiro atoms. The Morgan fingerprint density at radius 2 is 1.60 bits per heavy atom. The zero-order valence-electron chi connectivity index (χ0n) is 20.9. The largest absolute Gasteiger partial charge is 0.496 e. The SMILES string of the molecule is CCCc1c(OCCCOc2ccc(C(C)=O)c(OC)c2CCC)ccc2c1OC(C(=O)O)C=C2. The van der Waals surface area contributed by atoms with Crippen LogP contribution in [0.5, 0.6) is 23.0 Å². The highest BCUT2D eigenvalue weighted by molar-refractivity contribution is 5.97. The maximum atomic E-state index is 12.0. The third kappa shape index (κ3) is 6.15. The van der Waals surface area contributed by atoms with Crippen molar-refractivity contribution in [1.82, 2.24) is 0 Å². The quantitative estimate of drug-likeness (QED) is 0.297. The van der Waals surface area contributed by atoms with Crippen LogP contribution in [-0.2, 0) is 17.6 Å². The molecule has 1 heterocycles. The molecule has 35 heavy (non-hydrogen) atoms. The van der Waals surface area contributed by atoms with Gasteiger partial charge >= 0.3 is 5.97 Å². The average Bonchev–Trinajstić information content (AvgIpc) is 2.85. The third-order valence-corrected chi connectivity index (χ3v) is 5.79. The molecular weight excluding hydrogens is 448 g/mol. The van der Waals surface area contributed by atoms with Crippen LogP contribution in [0.15, 0.2) is 30.3 Å². The first-order valence-electron chi connectivity index (χ1n) is 12.1. The van der Waals surface area contributed by atoms with Gasteiger partial charge in [0.25, 0.3) is 0 Å². The van der Waals surface area contributed by atoms with Crippen molar-refractivity contribution in [3.8, 4) is 23.0 Å². The second-order valence-corrected chi connectivity index (χ2v) is 8.43. The summed E-state index contributed by atoms with van der Waals surface area (Å²) < 4.78 is 23.4. The summed E-state index contributed by atoms with van der Waals surface area (Å²) in [4.78, 5) is 23.4. The summed E-state index contributed by atoms with van der Waals surface area (Å²) in [6.45, 7) is 6.53. The van der Waals surface area contributed by atoms with Crippen molar-refractivity contribution in [1.29, 1.82) is 0 Å². The zero-order valence-corrected chi connectivity index (χ0v) is 20.9. The fraction of sp³-hybridized carbons (Fsp3) is 0.429. The van der Waals surface area contributed by atoms with E-state index in [4.69, 9.17) is 18.9 Å². The molecule has 1 unspecified atom stereocenters. The standard InChI is InChI=1S/C28H34O7/c1-5-8-21-23(13-10-19-11-14-25(28(30)31)35-26(19)21)33-16-7-17-34-24-15-12-20(18(3)29)27(32-4)22(24)9-6-2/h10-15,25H,5-9,16-17H2,1-4H3,(H,30,31). The lowest BCUT2D eigenvalue weighted by Crippen LogP contribution is -2.27. The van der Waals surface area contributed by atoms with Crippen molar-refractivity contribution in [2.45, 2.75) is 59.0 Å². The number of carboxylic acid groups (broad SMARTS) is 1. The van der Waals surface area contributed by atoms with Crippen LogP contribution in [0.2, 0.25) is 0 Å². The summed E-state index contributed by atoms with van der Waals surface area (Å²) >= 11 is 0. The summed E-state index contributed by atoms with van der Waals surface area (Å²) in [5, 5.41) is 9.33. The van der Waals surface area contributed by atoms with Gasteiger partial charge in [-0.15, -0.1) is 0 Å². The first-order valence-corrected chi connectivity index (χ1v) is 12.1. The Hall–Kier alpha value is -3.48. The van der Waals surface area contributed by atoms with Gasteiger partial charge < -0.3 is 24.1 Å². The highest BCUT2D eigenvalue weighted by Gasteiger charge is 2.25. The fourth-order valence-electron chi connectivity index (χ4n) is 4.18. The van der Waals surface area contributed by atoms with Gasteiger partial charge in [0, 0.05) is 23.1 Å². The number of hydrogen-bond donors (Lipinski definition) is 1. The minimum atomic E-state index is -1.02. The van der Waals surface area contributed by atoms with Crippen LogP contribution < -0.4 is 18.9 Å². The molecule has 0 radical (unpaired) electrons. The Bertz CT molecular complexity index is 1090. The van der Waals surface area contributed by atoms with E-state index in [1.54, 1.807) is 25.3 Å². The Morgan fingerprint density at radius 1 is 0.971 bits per heavy atom. The number of aliphatic carboxylic acids is 1. The van der Waals surface area contributed by atoms with Gasteiger partial charge in [0.15, 0.2) is 5.78 Å². The number of hydrogen-bond acceptors (Lipinski definition) is 6. The Kier molecular flexibility index (Phi) is 9.18. The van der Waals surface area contributed by atoms with Gasteiger partial charge in [0.1, 0.15) is 23.0 Å². The molecule has 0 saturated heterocycles. The predicted octanol–water partition coefficient (Wildman–Crippen LogP) is 5.51. The lowest BCUT2D eigenvalue weighted by Gasteiger charge is -2.23. The molecule has 1 aliphatic rings. The molecule has 7 heteroatoms. The lowest BCUT2D eigenvalue weighted by atomic mass is 10.0. The van der Waals surface area contributed by atoms with Crippen LogP contribution in [-0.4, -0.2) is 43.3 Å². The second kappa shape index (κ2) is 12.3. The van der Waals surface area contributed by atoms with Gasteiger partial charge in [0.2, 0.25) is 6.10 Å². The number of rotatable bonds is 13. The van der Waals surface area contributed by atoms with E-state index in [-0.39, 0.29) is 5.78 Å². The van der Waals surface area contributed by atoms with Crippen molar-refractivity contribution in [2.24, 2.45) is 0 Å². The Morgan fingerprint density at radius 3 is 2.20 bits per heavy atom. The molecule has 1 aliphatic heterocycles. The van der Waals surface area contributed by atoms with E-state index < -0.39 is 12.1 Å². The minimum absolute atomic E-state index is 0.0405. The number of carbonyl (C=O) groups is 2. The van der Waals surface area contributed by atoms with Crippen molar-refractivity contribution in [2.75, 3.05) is 20.3 Å². The highest BCUT2D eigenvalue weighted by Crippen LogP contribution is 2.38. The zero-order chi connectivity index (χ0) is 25.4. The summed E-state index contributed by atoms with van der Waals surface area (Å²) in [6.07, 6.45) is 6.22. The lowest BCUT2D eigenvalue weighted by molar-refractivity contribution is -0.142. The van der Waals surface area contributed by atoms with E-state index >= 15 is 0 Å². The maximum Gasteiger partial charge on any atom is 0.349 e. The molecule has 1 N–H and O–H groups in total. The maximum absolute atomic E-state index is 12.0. The molecule has 0 bridgehead atoms. The number of ether oxygens (including phenoxy) is 4. The van der Waals surface area contributed by atoms with Crippen LogP contribution >= 0.6 is 0 Å². The van der Waals surface area contributed by atoms with Gasteiger partial charge in [-0.25, -0.2) is 4.79 Å². The van der Waals surface area contributed by atoms with E-state index in [0.717, 1.165) is 42.4 Å². The number of methoxy groups -OCH3 is 1. The molecule has 188 valence electrons. The average molecular weight is 483 g/mol. The number of carboxylic acids is 1. The van der Waals surface area contributed by atoms with Gasteiger partial charge in [-0.3, -0.25) is 4.79 Å². The molecule has 7 nitrogen and oxygen atoms in total. The topological polar surface area (TPSA) is 91.3 Å². The van der Waals surface area contributed by atoms with Crippen molar-refractivity contribution >= 4 is 17.8 Å². The van der Waals surface area contributed by atoms with Gasteiger partial charge in [-0.05, 0) is 50.1 Å². The van der Waals surface area contributed by atoms with Crippen LogP contribution in [0.25, 0.3) is 6.08 Å². The molecule has 0 amide bonds.